The molecule has 6 nitrogen and oxygen atoms in total. The first kappa shape index (κ1) is 17.9. The number of ether oxygens (including phenoxy) is 1. The second-order valence-electron chi connectivity index (χ2n) is 6.63. The van der Waals surface area contributed by atoms with E-state index in [2.05, 4.69) is 32.4 Å². The summed E-state index contributed by atoms with van der Waals surface area (Å²) in [6.07, 6.45) is 1.42. The van der Waals surface area contributed by atoms with Crippen molar-refractivity contribution in [3.05, 3.63) is 60.2 Å². The highest BCUT2D eigenvalue weighted by Gasteiger charge is 2.12. The van der Waals surface area contributed by atoms with Crippen LogP contribution in [0.15, 0.2) is 48.8 Å². The fourth-order valence-electron chi connectivity index (χ4n) is 3.14. The molecule has 4 rings (SSSR count). The minimum Gasteiger partial charge on any atom is -0.494 e. The average molecular weight is 377 g/mol. The first-order valence-corrected chi connectivity index (χ1v) is 8.85. The van der Waals surface area contributed by atoms with Gasteiger partial charge in [-0.05, 0) is 23.8 Å². The van der Waals surface area contributed by atoms with Crippen LogP contribution in [-0.2, 0) is 6.54 Å². The van der Waals surface area contributed by atoms with E-state index in [1.165, 1.54) is 19.5 Å². The van der Waals surface area contributed by atoms with Crippen molar-refractivity contribution in [2.45, 2.75) is 6.54 Å². The number of nitrogens with zero attached hydrogens (tertiary/aromatic N) is 4. The molecule has 0 aliphatic carbocycles. The SMILES string of the molecule is COc1cc2c(NCc3cc(N(C)C)nc4ccccc34)ncnc2cc1F. The lowest BCUT2D eigenvalue weighted by atomic mass is 10.1. The topological polar surface area (TPSA) is 63.2 Å². The smallest absolute Gasteiger partial charge is 0.167 e. The van der Waals surface area contributed by atoms with Gasteiger partial charge in [0, 0.05) is 37.5 Å². The van der Waals surface area contributed by atoms with Crippen molar-refractivity contribution >= 4 is 33.4 Å². The van der Waals surface area contributed by atoms with Gasteiger partial charge in [0.15, 0.2) is 11.6 Å². The van der Waals surface area contributed by atoms with E-state index in [-0.39, 0.29) is 5.75 Å². The molecule has 0 amide bonds. The van der Waals surface area contributed by atoms with Gasteiger partial charge in [-0.25, -0.2) is 19.3 Å². The van der Waals surface area contributed by atoms with Crippen LogP contribution >= 0.6 is 0 Å². The second kappa shape index (κ2) is 7.26. The number of nitrogens with one attached hydrogen (secondary N) is 1. The van der Waals surface area contributed by atoms with Crippen LogP contribution in [0, 0.1) is 5.82 Å². The molecule has 0 fully saturated rings. The molecule has 0 aliphatic heterocycles. The lowest BCUT2D eigenvalue weighted by molar-refractivity contribution is 0.387. The van der Waals surface area contributed by atoms with Gasteiger partial charge in [-0.2, -0.15) is 0 Å². The van der Waals surface area contributed by atoms with Gasteiger partial charge in [0.1, 0.15) is 18.0 Å². The molecular weight excluding hydrogens is 357 g/mol. The molecule has 28 heavy (non-hydrogen) atoms. The predicted molar refractivity (Wildman–Crippen MR) is 109 cm³/mol. The Morgan fingerprint density at radius 3 is 2.64 bits per heavy atom. The van der Waals surface area contributed by atoms with Gasteiger partial charge in [-0.3, -0.25) is 0 Å². The molecular formula is C21H20FN5O. The molecule has 0 atom stereocenters. The van der Waals surface area contributed by atoms with E-state index in [1.54, 1.807) is 6.07 Å². The number of hydrogen-bond donors (Lipinski definition) is 1. The molecule has 2 aromatic carbocycles. The predicted octanol–water partition coefficient (Wildman–Crippen LogP) is 4.00. The molecule has 0 bridgehead atoms. The van der Waals surface area contributed by atoms with Crippen molar-refractivity contribution < 1.29 is 9.13 Å². The van der Waals surface area contributed by atoms with E-state index < -0.39 is 5.82 Å². The van der Waals surface area contributed by atoms with Gasteiger partial charge in [-0.15, -0.1) is 0 Å². The lowest BCUT2D eigenvalue weighted by Gasteiger charge is -2.16. The van der Waals surface area contributed by atoms with Gasteiger partial charge in [0.05, 0.1) is 18.1 Å². The molecule has 0 aliphatic rings. The molecule has 2 aromatic heterocycles. The second-order valence-corrected chi connectivity index (χ2v) is 6.63. The molecule has 0 spiro atoms. The van der Waals surface area contributed by atoms with Crippen LogP contribution in [-0.4, -0.2) is 36.2 Å². The summed E-state index contributed by atoms with van der Waals surface area (Å²) in [7, 11) is 5.37. The maximum atomic E-state index is 14.0. The zero-order valence-corrected chi connectivity index (χ0v) is 15.9. The number of pyridine rings is 1. The first-order valence-electron chi connectivity index (χ1n) is 8.85. The number of hydrogen-bond acceptors (Lipinski definition) is 6. The third-order valence-electron chi connectivity index (χ3n) is 4.60. The number of methoxy groups -OCH3 is 1. The maximum Gasteiger partial charge on any atom is 0.167 e. The van der Waals surface area contributed by atoms with Crippen molar-refractivity contribution in [3.8, 4) is 5.75 Å². The molecule has 0 saturated heterocycles. The minimum absolute atomic E-state index is 0.162. The van der Waals surface area contributed by atoms with Crippen LogP contribution in [0.25, 0.3) is 21.8 Å². The number of aromatic nitrogens is 3. The summed E-state index contributed by atoms with van der Waals surface area (Å²) in [6, 6.07) is 13.0. The number of halogens is 1. The Morgan fingerprint density at radius 1 is 1.04 bits per heavy atom. The summed E-state index contributed by atoms with van der Waals surface area (Å²) in [5, 5.41) is 5.13. The highest BCUT2D eigenvalue weighted by Crippen LogP contribution is 2.28. The highest BCUT2D eigenvalue weighted by atomic mass is 19.1. The van der Waals surface area contributed by atoms with E-state index in [4.69, 9.17) is 4.74 Å². The minimum atomic E-state index is -0.449. The normalized spacial score (nSPS) is 11.0. The van der Waals surface area contributed by atoms with E-state index in [0.717, 1.165) is 22.3 Å². The van der Waals surface area contributed by atoms with Crippen molar-refractivity contribution in [3.63, 3.8) is 0 Å². The summed E-state index contributed by atoms with van der Waals surface area (Å²) in [6.45, 7) is 0.537. The van der Waals surface area contributed by atoms with E-state index in [1.807, 2.05) is 37.2 Å². The molecule has 0 radical (unpaired) electrons. The third kappa shape index (κ3) is 3.26. The zero-order valence-electron chi connectivity index (χ0n) is 15.9. The zero-order chi connectivity index (χ0) is 19.7. The third-order valence-corrected chi connectivity index (χ3v) is 4.60. The van der Waals surface area contributed by atoms with Crippen molar-refractivity contribution in [1.29, 1.82) is 0 Å². The first-order chi connectivity index (χ1) is 13.6. The fourth-order valence-corrected chi connectivity index (χ4v) is 3.14. The Hall–Kier alpha value is -3.48. The van der Waals surface area contributed by atoms with Crippen LogP contribution in [0.3, 0.4) is 0 Å². The quantitative estimate of drug-likeness (QED) is 0.567. The Kier molecular flexibility index (Phi) is 4.65. The molecule has 0 unspecified atom stereocenters. The number of para-hydroxylation sites is 1. The Balaban J connectivity index is 1.74. The van der Waals surface area contributed by atoms with Gasteiger partial charge >= 0.3 is 0 Å². The summed E-state index contributed by atoms with van der Waals surface area (Å²) < 4.78 is 19.1. The molecule has 2 heterocycles. The van der Waals surface area contributed by atoms with Crippen LogP contribution in [0.4, 0.5) is 16.0 Å². The molecule has 142 valence electrons. The summed E-state index contributed by atoms with van der Waals surface area (Å²) in [5.41, 5.74) is 2.54. The van der Waals surface area contributed by atoms with Crippen LogP contribution in [0.5, 0.6) is 5.75 Å². The maximum absolute atomic E-state index is 14.0. The van der Waals surface area contributed by atoms with Crippen LogP contribution in [0.1, 0.15) is 5.56 Å². The van der Waals surface area contributed by atoms with Crippen molar-refractivity contribution in [2.24, 2.45) is 0 Å². The van der Waals surface area contributed by atoms with Gasteiger partial charge in [0.25, 0.3) is 0 Å². The van der Waals surface area contributed by atoms with E-state index in [0.29, 0.717) is 23.3 Å². The summed E-state index contributed by atoms with van der Waals surface area (Å²) >= 11 is 0. The molecule has 0 saturated carbocycles. The number of benzene rings is 2. The Bertz CT molecular complexity index is 1160. The fraction of sp³-hybridized carbons (Fsp3) is 0.190. The van der Waals surface area contributed by atoms with Crippen molar-refractivity contribution in [2.75, 3.05) is 31.4 Å². The summed E-state index contributed by atoms with van der Waals surface area (Å²) in [5.74, 6) is 1.22. The van der Waals surface area contributed by atoms with Crippen LogP contribution < -0.4 is 15.0 Å². The monoisotopic (exact) mass is 377 g/mol. The van der Waals surface area contributed by atoms with Gasteiger partial charge in [-0.1, -0.05) is 18.2 Å². The average Bonchev–Trinajstić information content (AvgIpc) is 2.71. The van der Waals surface area contributed by atoms with E-state index >= 15 is 0 Å². The van der Waals surface area contributed by atoms with E-state index in [9.17, 15) is 4.39 Å². The molecule has 1 N–H and O–H groups in total. The number of fused-ring (bicyclic) bond motifs is 2. The summed E-state index contributed by atoms with van der Waals surface area (Å²) in [4.78, 5) is 15.2. The number of anilines is 2. The molecule has 4 aromatic rings. The Morgan fingerprint density at radius 2 is 1.86 bits per heavy atom. The van der Waals surface area contributed by atoms with Gasteiger partial charge in [0.2, 0.25) is 0 Å². The Labute approximate surface area is 162 Å². The highest BCUT2D eigenvalue weighted by molar-refractivity contribution is 5.90. The van der Waals surface area contributed by atoms with Crippen molar-refractivity contribution in [1.82, 2.24) is 15.0 Å². The standard InChI is InChI=1S/C21H20FN5O/c1-27(2)20-8-13(14-6-4-5-7-17(14)26-20)11-23-21-15-9-19(28-3)16(22)10-18(15)24-12-25-21/h4-10,12H,11H2,1-3H3,(H,23,24,25). The van der Waals surface area contributed by atoms with Gasteiger partial charge < -0.3 is 15.0 Å². The largest absolute Gasteiger partial charge is 0.494 e. The molecule has 7 heteroatoms. The lowest BCUT2D eigenvalue weighted by Crippen LogP contribution is -2.12. The van der Waals surface area contributed by atoms with Crippen LogP contribution in [0.2, 0.25) is 0 Å². The number of rotatable bonds is 5.